The minimum Gasteiger partial charge on any atom is -0.477 e. The Hall–Kier alpha value is -4.13. The first-order valence-electron chi connectivity index (χ1n) is 33.6. The van der Waals surface area contributed by atoms with Gasteiger partial charge in [0.1, 0.15) is 183 Å². The molecule has 41 atom stereocenters. The number of hydrogen-bond acceptors (Lipinski definition) is 42. The second-order valence-corrected chi connectivity index (χ2v) is 26.8. The molecule has 0 radical (unpaired) electrons. The van der Waals surface area contributed by atoms with E-state index in [0.29, 0.717) is 0 Å². The van der Waals surface area contributed by atoms with Crippen LogP contribution in [0.25, 0.3) is 0 Å². The highest BCUT2D eigenvalue weighted by Crippen LogP contribution is 2.41. The Balaban J connectivity index is 1.10. The van der Waals surface area contributed by atoms with E-state index in [-0.39, 0.29) is 0 Å². The SMILES string of the molecule is CC(=O)N[C@@H]1[C@@H](O[C@@H]2O[C@H](CO[C@@H]3O[C@H](CO)[C@@H](O[C@@H]4O[C@H](CO)[C@H](O)[C@H](O[C@]5(C(=O)O)C[C@H](O)[C@@H](NC(C)=O)[C@H]([C@H](O)[C@H](O)CO)O5)[C@H]4O)[C@H](O)[C@H]3NC(C)=O)[C@H](O)[C@H](O[C@@H]3O[C@H](CO)[C@@H](O)[C@H](O[C@@H]4O[C@H](CO)[C@H](O)[C@H](O)[C@H]4O[C@@H]4O[C@@H](C)[C@@H](O)[C@@H](O)[C@@H]4O)[C@H]3NC(C)=O)[C@H]2O)[C@@H](O)[C@@H](CO)O[C@@H]1O. The molecule has 0 spiro atoms. The number of amides is 4. The number of ether oxygens (including phenoxy) is 15. The van der Waals surface area contributed by atoms with Crippen molar-refractivity contribution in [3.05, 3.63) is 0 Å². The fraction of sp³-hybridized carbons (Fsp3) is 0.915. The Morgan fingerprint density at radius 1 is 0.406 bits per heavy atom. The van der Waals surface area contributed by atoms with E-state index >= 15 is 0 Å². The molecule has 47 nitrogen and oxygen atoms in total. The first-order valence-corrected chi connectivity index (χ1v) is 33.6. The lowest BCUT2D eigenvalue weighted by molar-refractivity contribution is -0.390. The largest absolute Gasteiger partial charge is 0.477 e. The molecule has 4 amide bonds. The molecule has 0 aromatic heterocycles. The Morgan fingerprint density at radius 3 is 1.39 bits per heavy atom. The molecular weight excluding hydrogens is 1450 g/mol. The molecule has 8 fully saturated rings. The lowest BCUT2D eigenvalue weighted by atomic mass is 9.88. The Kier molecular flexibility index (Phi) is 30.9. The van der Waals surface area contributed by atoms with Crippen LogP contribution >= 0.6 is 0 Å². The van der Waals surface area contributed by atoms with Crippen LogP contribution in [0.15, 0.2) is 0 Å². The van der Waals surface area contributed by atoms with Gasteiger partial charge in [-0.25, -0.2) is 4.79 Å². The molecule has 8 aliphatic rings. The maximum Gasteiger partial charge on any atom is 0.364 e. The zero-order chi connectivity index (χ0) is 78.6. The summed E-state index contributed by atoms with van der Waals surface area (Å²) in [5, 5.41) is 264. The van der Waals surface area contributed by atoms with Crippen molar-refractivity contribution in [3.8, 4) is 0 Å². The van der Waals surface area contributed by atoms with E-state index in [1.165, 1.54) is 6.92 Å². The average Bonchev–Trinajstić information content (AvgIpc) is 0.747. The van der Waals surface area contributed by atoms with E-state index in [4.69, 9.17) is 71.1 Å². The van der Waals surface area contributed by atoms with Crippen LogP contribution in [-0.4, -0.2) is 444 Å². The van der Waals surface area contributed by atoms with Gasteiger partial charge in [0.05, 0.1) is 64.5 Å². The van der Waals surface area contributed by atoms with Crippen LogP contribution in [0.2, 0.25) is 0 Å². The molecular formula is C59H98N4O43. The summed E-state index contributed by atoms with van der Waals surface area (Å²) in [5.74, 6) is -9.07. The number of carboxylic acids is 1. The molecule has 106 heavy (non-hydrogen) atoms. The van der Waals surface area contributed by atoms with Gasteiger partial charge in [0.25, 0.3) is 5.79 Å². The smallest absolute Gasteiger partial charge is 0.364 e. The number of nitrogens with one attached hydrogen (secondary N) is 4. The summed E-state index contributed by atoms with van der Waals surface area (Å²) < 4.78 is 88.1. The minimum atomic E-state index is -3.26. The molecule has 612 valence electrons. The van der Waals surface area contributed by atoms with E-state index in [1.807, 2.05) is 0 Å². The summed E-state index contributed by atoms with van der Waals surface area (Å²) in [7, 11) is 0. The van der Waals surface area contributed by atoms with Crippen LogP contribution in [0.5, 0.6) is 0 Å². The first kappa shape index (κ1) is 87.4. The number of rotatable bonds is 28. The molecule has 27 N–H and O–H groups in total. The van der Waals surface area contributed by atoms with Gasteiger partial charge in [-0.3, -0.25) is 19.2 Å². The van der Waals surface area contributed by atoms with Crippen molar-refractivity contribution in [3.63, 3.8) is 0 Å². The van der Waals surface area contributed by atoms with Crippen LogP contribution < -0.4 is 21.3 Å². The molecule has 0 aliphatic carbocycles. The van der Waals surface area contributed by atoms with Crippen LogP contribution in [0.3, 0.4) is 0 Å². The number of hydrogen-bond donors (Lipinski definition) is 27. The van der Waals surface area contributed by atoms with Gasteiger partial charge >= 0.3 is 5.97 Å². The molecule has 0 saturated carbocycles. The molecule has 0 aromatic carbocycles. The van der Waals surface area contributed by atoms with Crippen molar-refractivity contribution in [2.24, 2.45) is 0 Å². The predicted molar refractivity (Wildman–Crippen MR) is 327 cm³/mol. The Morgan fingerprint density at radius 2 is 0.830 bits per heavy atom. The van der Waals surface area contributed by atoms with Gasteiger partial charge < -0.3 is 210 Å². The summed E-state index contributed by atoms with van der Waals surface area (Å²) in [5.41, 5.74) is 0. The molecule has 8 saturated heterocycles. The van der Waals surface area contributed by atoms with E-state index in [1.54, 1.807) is 0 Å². The van der Waals surface area contributed by atoms with Crippen molar-refractivity contribution < 1.29 is 212 Å². The number of aliphatic hydroxyl groups excluding tert-OH is 22. The fourth-order valence-corrected chi connectivity index (χ4v) is 13.6. The summed E-state index contributed by atoms with van der Waals surface area (Å²) in [6, 6.07) is -7.43. The van der Waals surface area contributed by atoms with Crippen molar-refractivity contribution in [1.82, 2.24) is 21.3 Å². The monoisotopic (exact) mass is 1550 g/mol. The van der Waals surface area contributed by atoms with E-state index < -0.39 is 333 Å². The lowest BCUT2D eigenvalue weighted by Gasteiger charge is -2.51. The van der Waals surface area contributed by atoms with Crippen molar-refractivity contribution in [2.75, 3.05) is 46.2 Å². The zero-order valence-corrected chi connectivity index (χ0v) is 57.2. The topological polar surface area (TPSA) is 737 Å². The van der Waals surface area contributed by atoms with E-state index in [9.17, 15) is 141 Å². The maximum atomic E-state index is 13.2. The second kappa shape index (κ2) is 37.5. The standard InChI is InChI=1S/C59H98N4O43/c1-14-31(76)39(84)41(86)54(93-14)104-50-40(85)33(78)21(8-65)97-57(50)102-46-30(63-18(5)73)53(95-23(10-67)35(46)80)103-48-37(82)26(99-55(42(48)87)101-45-29(62-17(4)72)51(89)94-22(9-66)34(45)79)13-92-52-28(61-16(3)71)38(83)44(25(12-69)98-52)100-56-43(88)49(36(81)24(11-68)96-56)106-59(58(90)91)6-19(74)27(60-15(2)70)47(105-59)32(77)20(75)7-64/h14,19-57,64-69,74-89H,6-13H2,1-5H3,(H,60,70)(H,61,71)(H,62,72)(H,63,73)(H,90,91)/t14-,19-,20+,21+,22+,23+,24+,25+,26+,27+,28+,29+,30+,31+,32+,33-,34-,35+,36-,37-,38+,39+,40-,41-,42+,43+,44+,45+,46+,47+,48-,49-,50+,51-,52+,53-,54-,55-,56-,57-,59-/m0/s1. The predicted octanol–water partition coefficient (Wildman–Crippen LogP) is -17.6. The lowest BCUT2D eigenvalue weighted by Crippen LogP contribution is -2.71. The van der Waals surface area contributed by atoms with Crippen molar-refractivity contribution >= 4 is 29.6 Å². The van der Waals surface area contributed by atoms with Crippen LogP contribution in [0, 0.1) is 0 Å². The van der Waals surface area contributed by atoms with Gasteiger partial charge in [-0.1, -0.05) is 0 Å². The molecule has 8 aliphatic heterocycles. The highest BCUT2D eigenvalue weighted by atomic mass is 16.8. The van der Waals surface area contributed by atoms with Crippen LogP contribution in [0.4, 0.5) is 0 Å². The van der Waals surface area contributed by atoms with Crippen molar-refractivity contribution in [2.45, 2.75) is 292 Å². The number of carbonyl (C=O) groups is 5. The molecule has 0 bridgehead atoms. The third-order valence-electron chi connectivity index (χ3n) is 19.2. The quantitative estimate of drug-likeness (QED) is 0.0346. The summed E-state index contributed by atoms with van der Waals surface area (Å²) in [4.78, 5) is 64.2. The van der Waals surface area contributed by atoms with Gasteiger partial charge in [-0.05, 0) is 6.92 Å². The van der Waals surface area contributed by atoms with E-state index in [2.05, 4.69) is 21.3 Å². The van der Waals surface area contributed by atoms with Gasteiger partial charge in [0, 0.05) is 34.1 Å². The van der Waals surface area contributed by atoms with Gasteiger partial charge in [-0.2, -0.15) is 0 Å². The minimum absolute atomic E-state index is 0.858. The highest BCUT2D eigenvalue weighted by Gasteiger charge is 2.63. The first-order chi connectivity index (χ1) is 49.9. The zero-order valence-electron chi connectivity index (χ0n) is 57.2. The maximum absolute atomic E-state index is 13.2. The van der Waals surface area contributed by atoms with Crippen LogP contribution in [-0.2, 0) is 95.0 Å². The second-order valence-electron chi connectivity index (χ2n) is 26.8. The molecule has 0 unspecified atom stereocenters. The van der Waals surface area contributed by atoms with Gasteiger partial charge in [-0.15, -0.1) is 0 Å². The average molecular weight is 1550 g/mol. The number of aliphatic carboxylic acids is 1. The summed E-state index contributed by atoms with van der Waals surface area (Å²) in [6.45, 7) is -2.84. The Labute approximate surface area is 600 Å². The normalized spacial score (nSPS) is 47.2. The number of aliphatic hydroxyl groups is 22. The Bertz CT molecular complexity index is 2860. The fourth-order valence-electron chi connectivity index (χ4n) is 13.6. The van der Waals surface area contributed by atoms with Gasteiger partial charge in [0.15, 0.2) is 44.0 Å². The third-order valence-corrected chi connectivity index (χ3v) is 19.2. The molecule has 47 heteroatoms. The summed E-state index contributed by atoms with van der Waals surface area (Å²) >= 11 is 0. The highest BCUT2D eigenvalue weighted by molar-refractivity contribution is 5.77. The van der Waals surface area contributed by atoms with Gasteiger partial charge in [0.2, 0.25) is 23.6 Å². The third kappa shape index (κ3) is 19.1. The number of carboxylic acid groups (broad SMARTS) is 1. The van der Waals surface area contributed by atoms with Crippen molar-refractivity contribution in [1.29, 1.82) is 0 Å². The molecule has 8 heterocycles. The molecule has 8 rings (SSSR count). The molecule has 0 aromatic rings. The van der Waals surface area contributed by atoms with E-state index in [0.717, 1.165) is 27.7 Å². The van der Waals surface area contributed by atoms with Crippen LogP contribution in [0.1, 0.15) is 41.0 Å². The number of carbonyl (C=O) groups excluding carboxylic acids is 4. The summed E-state index contributed by atoms with van der Waals surface area (Å²) in [6.07, 6.45) is -76.2.